The second-order valence-electron chi connectivity index (χ2n) is 9.48. The second-order valence-corrected chi connectivity index (χ2v) is 10.4. The lowest BCUT2D eigenvalue weighted by molar-refractivity contribution is -0.137. The molecule has 182 valence electrons. The molecule has 2 heterocycles. The lowest BCUT2D eigenvalue weighted by Crippen LogP contribution is -2.24. The summed E-state index contributed by atoms with van der Waals surface area (Å²) in [7, 11) is 0. The van der Waals surface area contributed by atoms with Crippen molar-refractivity contribution >= 4 is 17.2 Å². The molecule has 1 fully saturated rings. The van der Waals surface area contributed by atoms with Gasteiger partial charge in [-0.2, -0.15) is 23.3 Å². The molecule has 0 spiro atoms. The van der Waals surface area contributed by atoms with E-state index in [4.69, 9.17) is 0 Å². The van der Waals surface area contributed by atoms with Gasteiger partial charge in [-0.1, -0.05) is 51.5 Å². The van der Waals surface area contributed by atoms with Crippen LogP contribution in [0.1, 0.15) is 73.4 Å². The van der Waals surface area contributed by atoms with E-state index in [1.165, 1.54) is 17.4 Å². The predicted octanol–water partition coefficient (Wildman–Crippen LogP) is 4.37. The highest BCUT2D eigenvalue weighted by Crippen LogP contribution is 2.31. The third-order valence-corrected chi connectivity index (χ3v) is 6.86. The minimum absolute atomic E-state index is 0.0704. The Balaban J connectivity index is 2.04. The van der Waals surface area contributed by atoms with Crippen molar-refractivity contribution in [2.75, 3.05) is 13.1 Å². The lowest BCUT2D eigenvalue weighted by atomic mass is 9.98. The first kappa shape index (κ1) is 25.6. The number of aryl methyl sites for hydroxylation is 1. The normalized spacial score (nSPS) is 18.3. The zero-order chi connectivity index (χ0) is 24.4. The van der Waals surface area contributed by atoms with Crippen LogP contribution in [0.4, 0.5) is 13.2 Å². The van der Waals surface area contributed by atoms with Crippen LogP contribution >= 0.6 is 11.3 Å². The van der Waals surface area contributed by atoms with E-state index < -0.39 is 23.8 Å². The number of alkyl halides is 3. The van der Waals surface area contributed by atoms with Crippen LogP contribution in [-0.2, 0) is 24.7 Å². The maximum Gasteiger partial charge on any atom is 0.416 e. The van der Waals surface area contributed by atoms with Crippen molar-refractivity contribution in [1.29, 1.82) is 0 Å². The molecule has 2 aromatic rings. The van der Waals surface area contributed by atoms with Gasteiger partial charge in [-0.05, 0) is 30.5 Å². The van der Waals surface area contributed by atoms with E-state index in [0.717, 1.165) is 30.0 Å². The SMILES string of the molecule is CCCCn1nc(C(C)(C)C)sc1=NC(=O)c1cc(C(F)(F)F)ccc1CN1CC[C@H](O)C1. The quantitative estimate of drug-likeness (QED) is 0.661. The number of carbonyl (C=O) groups excluding carboxylic acids is 1. The average Bonchev–Trinajstić information content (AvgIpc) is 3.31. The number of aliphatic hydroxyl groups excluding tert-OH is 1. The van der Waals surface area contributed by atoms with Gasteiger partial charge in [0.05, 0.1) is 11.7 Å². The number of benzene rings is 1. The highest BCUT2D eigenvalue weighted by Gasteiger charge is 2.32. The van der Waals surface area contributed by atoms with Gasteiger partial charge in [-0.15, -0.1) is 0 Å². The van der Waals surface area contributed by atoms with Crippen LogP contribution in [0.15, 0.2) is 23.2 Å². The number of halogens is 3. The molecular formula is C23H31F3N4O2S. The highest BCUT2D eigenvalue weighted by molar-refractivity contribution is 7.09. The first-order chi connectivity index (χ1) is 15.4. The Morgan fingerprint density at radius 2 is 2.03 bits per heavy atom. The van der Waals surface area contributed by atoms with Crippen molar-refractivity contribution in [1.82, 2.24) is 14.7 Å². The van der Waals surface area contributed by atoms with Gasteiger partial charge in [0.25, 0.3) is 5.91 Å². The van der Waals surface area contributed by atoms with Gasteiger partial charge in [0.1, 0.15) is 5.01 Å². The zero-order valence-corrected chi connectivity index (χ0v) is 20.3. The van der Waals surface area contributed by atoms with Crippen LogP contribution in [0.5, 0.6) is 0 Å². The van der Waals surface area contributed by atoms with Gasteiger partial charge in [-0.25, -0.2) is 4.68 Å². The van der Waals surface area contributed by atoms with Crippen molar-refractivity contribution in [2.24, 2.45) is 4.99 Å². The van der Waals surface area contributed by atoms with Crippen LogP contribution in [0.2, 0.25) is 0 Å². The van der Waals surface area contributed by atoms with Gasteiger partial charge in [0.2, 0.25) is 4.80 Å². The Kier molecular flexibility index (Phi) is 7.80. The molecule has 1 amide bonds. The first-order valence-electron chi connectivity index (χ1n) is 11.2. The number of aromatic nitrogens is 2. The minimum atomic E-state index is -4.57. The van der Waals surface area contributed by atoms with E-state index in [0.29, 0.717) is 36.4 Å². The van der Waals surface area contributed by atoms with E-state index in [-0.39, 0.29) is 17.5 Å². The van der Waals surface area contributed by atoms with Crippen molar-refractivity contribution in [3.05, 3.63) is 44.7 Å². The van der Waals surface area contributed by atoms with Crippen LogP contribution in [0.3, 0.4) is 0 Å². The number of hydrogen-bond donors (Lipinski definition) is 1. The molecule has 0 unspecified atom stereocenters. The van der Waals surface area contributed by atoms with Crippen LogP contribution in [0, 0.1) is 0 Å². The van der Waals surface area contributed by atoms with Crippen molar-refractivity contribution in [3.63, 3.8) is 0 Å². The number of likely N-dealkylation sites (tertiary alicyclic amines) is 1. The number of unbranched alkanes of at least 4 members (excludes halogenated alkanes) is 1. The summed E-state index contributed by atoms with van der Waals surface area (Å²) in [6.07, 6.45) is -2.65. The number of amides is 1. The van der Waals surface area contributed by atoms with Crippen molar-refractivity contribution in [2.45, 2.75) is 77.7 Å². The second kappa shape index (κ2) is 10.1. The van der Waals surface area contributed by atoms with Gasteiger partial charge >= 0.3 is 6.18 Å². The largest absolute Gasteiger partial charge is 0.416 e. The molecule has 33 heavy (non-hydrogen) atoms. The Hall–Kier alpha value is -2.04. The summed E-state index contributed by atoms with van der Waals surface area (Å²) in [6, 6.07) is 3.22. The molecule has 1 aromatic carbocycles. The fraction of sp³-hybridized carbons (Fsp3) is 0.609. The number of aliphatic hydroxyl groups is 1. The van der Waals surface area contributed by atoms with Gasteiger partial charge < -0.3 is 5.11 Å². The summed E-state index contributed by atoms with van der Waals surface area (Å²) in [5.74, 6) is -0.717. The Labute approximate surface area is 195 Å². The molecule has 1 saturated heterocycles. The molecule has 0 aliphatic carbocycles. The summed E-state index contributed by atoms with van der Waals surface area (Å²) in [5, 5.41) is 15.2. The fourth-order valence-corrected chi connectivity index (χ4v) is 4.57. The molecule has 6 nitrogen and oxygen atoms in total. The monoisotopic (exact) mass is 484 g/mol. The smallest absolute Gasteiger partial charge is 0.392 e. The lowest BCUT2D eigenvalue weighted by Gasteiger charge is -2.18. The standard InChI is InChI=1S/C23H31F3N4O2S/c1-5-6-10-30-21(33-20(28-30)22(2,3)4)27-19(32)18-12-16(23(24,25)26)8-7-15(18)13-29-11-9-17(31)14-29/h7-8,12,17,31H,5-6,9-11,13-14H2,1-4H3/t17-/m0/s1. The van der Waals surface area contributed by atoms with Crippen LogP contribution in [0.25, 0.3) is 0 Å². The van der Waals surface area contributed by atoms with Gasteiger partial charge in [0.15, 0.2) is 0 Å². The number of β-amino-alcohol motifs (C(OH)–C–C–N with tert-alkyl or cyclic N) is 1. The topological polar surface area (TPSA) is 70.7 Å². The molecular weight excluding hydrogens is 453 g/mol. The third-order valence-electron chi connectivity index (χ3n) is 5.49. The van der Waals surface area contributed by atoms with E-state index in [9.17, 15) is 23.1 Å². The Morgan fingerprint density at radius 3 is 2.61 bits per heavy atom. The molecule has 3 rings (SSSR count). The van der Waals surface area contributed by atoms with Crippen molar-refractivity contribution in [3.8, 4) is 0 Å². The molecule has 1 N–H and O–H groups in total. The summed E-state index contributed by atoms with van der Waals surface area (Å²) < 4.78 is 41.8. The van der Waals surface area contributed by atoms with E-state index >= 15 is 0 Å². The number of carbonyl (C=O) groups is 1. The highest BCUT2D eigenvalue weighted by atomic mass is 32.1. The molecule has 0 radical (unpaired) electrons. The molecule has 0 bridgehead atoms. The zero-order valence-electron chi connectivity index (χ0n) is 19.4. The molecule has 1 aliphatic rings. The number of nitrogens with zero attached hydrogens (tertiary/aromatic N) is 4. The first-order valence-corrected chi connectivity index (χ1v) is 12.0. The van der Waals surface area contributed by atoms with Crippen LogP contribution in [-0.4, -0.2) is 44.9 Å². The minimum Gasteiger partial charge on any atom is -0.392 e. The molecule has 1 aliphatic heterocycles. The van der Waals surface area contributed by atoms with E-state index in [2.05, 4.69) is 10.1 Å². The molecule has 10 heteroatoms. The predicted molar refractivity (Wildman–Crippen MR) is 121 cm³/mol. The van der Waals surface area contributed by atoms with Gasteiger partial charge in [-0.3, -0.25) is 9.69 Å². The molecule has 1 atom stereocenters. The maximum absolute atomic E-state index is 13.4. The number of hydrogen-bond acceptors (Lipinski definition) is 5. The van der Waals surface area contributed by atoms with E-state index in [1.807, 2.05) is 32.6 Å². The maximum atomic E-state index is 13.4. The molecule has 1 aromatic heterocycles. The van der Waals surface area contributed by atoms with Gasteiger partial charge in [0, 0.05) is 37.2 Å². The fourth-order valence-electron chi connectivity index (χ4n) is 3.58. The third kappa shape index (κ3) is 6.51. The molecule has 0 saturated carbocycles. The van der Waals surface area contributed by atoms with Crippen LogP contribution < -0.4 is 4.80 Å². The average molecular weight is 485 g/mol. The van der Waals surface area contributed by atoms with Crippen molar-refractivity contribution < 1.29 is 23.1 Å². The summed E-state index contributed by atoms with van der Waals surface area (Å²) in [4.78, 5) is 19.7. The summed E-state index contributed by atoms with van der Waals surface area (Å²) >= 11 is 1.29. The summed E-state index contributed by atoms with van der Waals surface area (Å²) in [6.45, 7) is 9.98. The van der Waals surface area contributed by atoms with E-state index in [1.54, 1.807) is 4.68 Å². The Morgan fingerprint density at radius 1 is 1.30 bits per heavy atom. The number of rotatable bonds is 6. The Bertz CT molecular complexity index is 1050. The summed E-state index contributed by atoms with van der Waals surface area (Å²) in [5.41, 5.74) is -0.733.